The topological polar surface area (TPSA) is 31.2 Å². The van der Waals surface area contributed by atoms with Gasteiger partial charge in [0, 0.05) is 24.1 Å². The molecule has 0 radical (unpaired) electrons. The maximum absolute atomic E-state index is 11.2. The lowest BCUT2D eigenvalue weighted by Crippen LogP contribution is -2.05. The number of carbonyl (C=O) groups is 1. The van der Waals surface area contributed by atoms with Gasteiger partial charge in [-0.25, -0.2) is 0 Å². The van der Waals surface area contributed by atoms with Crippen LogP contribution in [0.15, 0.2) is 12.1 Å². The average molecular weight is 286 g/mol. The Morgan fingerprint density at radius 2 is 2.11 bits per heavy atom. The summed E-state index contributed by atoms with van der Waals surface area (Å²) in [6, 6.07) is 3.60. The highest BCUT2D eigenvalue weighted by molar-refractivity contribution is 6.35. The predicted octanol–water partition coefficient (Wildman–Crippen LogP) is 3.72. The minimum absolute atomic E-state index is 0.433. The van der Waals surface area contributed by atoms with Crippen molar-refractivity contribution in [1.29, 1.82) is 0 Å². The monoisotopic (exact) mass is 285 g/mol. The normalized spacial score (nSPS) is 11.1. The largest absolute Gasteiger partial charge is 0.383 e. The second-order valence-electron chi connectivity index (χ2n) is 4.04. The molecule has 3 nitrogen and oxygen atoms in total. The molecule has 5 heteroatoms. The summed E-state index contributed by atoms with van der Waals surface area (Å²) >= 11 is 12.4. The quantitative estimate of drug-likeness (QED) is 0.802. The first-order chi connectivity index (χ1) is 8.61. The van der Waals surface area contributed by atoms with Crippen molar-refractivity contribution in [2.24, 2.45) is 0 Å². The van der Waals surface area contributed by atoms with Crippen molar-refractivity contribution < 1.29 is 9.53 Å². The van der Waals surface area contributed by atoms with Crippen LogP contribution < -0.4 is 0 Å². The van der Waals surface area contributed by atoms with Crippen LogP contribution in [-0.4, -0.2) is 24.6 Å². The van der Waals surface area contributed by atoms with Gasteiger partial charge in [-0.3, -0.25) is 4.79 Å². The number of benzene rings is 1. The highest BCUT2D eigenvalue weighted by Crippen LogP contribution is 2.33. The minimum Gasteiger partial charge on any atom is -0.383 e. The van der Waals surface area contributed by atoms with Crippen LogP contribution in [0.3, 0.4) is 0 Å². The van der Waals surface area contributed by atoms with E-state index < -0.39 is 0 Å². The van der Waals surface area contributed by atoms with Gasteiger partial charge in [0.15, 0.2) is 6.29 Å². The van der Waals surface area contributed by atoms with Crippen LogP contribution in [0.4, 0.5) is 0 Å². The fourth-order valence-electron chi connectivity index (χ4n) is 2.10. The molecule has 0 aliphatic heterocycles. The number of nitrogens with zero attached hydrogens (tertiary/aromatic N) is 1. The predicted molar refractivity (Wildman–Crippen MR) is 74.0 cm³/mol. The van der Waals surface area contributed by atoms with E-state index in [0.29, 0.717) is 28.9 Å². The standard InChI is InChI=1S/C13H13Cl2NO2/c1-8-11(14)4-3-9-10(7-17)13(15)16(12(8)9)5-6-18-2/h3-4,7H,5-6H2,1-2H3. The first kappa shape index (κ1) is 13.4. The molecule has 2 rings (SSSR count). The van der Waals surface area contributed by atoms with Gasteiger partial charge in [-0.1, -0.05) is 29.3 Å². The van der Waals surface area contributed by atoms with E-state index in [1.165, 1.54) is 0 Å². The van der Waals surface area contributed by atoms with Crippen molar-refractivity contribution in [1.82, 2.24) is 4.57 Å². The van der Waals surface area contributed by atoms with Crippen molar-refractivity contribution in [3.05, 3.63) is 33.4 Å². The third-order valence-electron chi connectivity index (χ3n) is 3.02. The fourth-order valence-corrected chi connectivity index (χ4v) is 2.57. The summed E-state index contributed by atoms with van der Waals surface area (Å²) in [5, 5.41) is 1.92. The molecule has 0 fully saturated rings. The van der Waals surface area contributed by atoms with Gasteiger partial charge >= 0.3 is 0 Å². The highest BCUT2D eigenvalue weighted by atomic mass is 35.5. The number of hydrogen-bond acceptors (Lipinski definition) is 2. The first-order valence-corrected chi connectivity index (χ1v) is 6.28. The van der Waals surface area contributed by atoms with E-state index in [1.54, 1.807) is 13.2 Å². The smallest absolute Gasteiger partial charge is 0.153 e. The molecule has 18 heavy (non-hydrogen) atoms. The maximum atomic E-state index is 11.2. The Morgan fingerprint density at radius 1 is 1.39 bits per heavy atom. The molecule has 1 aromatic heterocycles. The van der Waals surface area contributed by atoms with Gasteiger partial charge < -0.3 is 9.30 Å². The summed E-state index contributed by atoms with van der Waals surface area (Å²) in [6.45, 7) is 3.02. The van der Waals surface area contributed by atoms with Crippen molar-refractivity contribution in [3.63, 3.8) is 0 Å². The molecule has 0 aliphatic carbocycles. The van der Waals surface area contributed by atoms with Crippen LogP contribution in [0.25, 0.3) is 10.9 Å². The first-order valence-electron chi connectivity index (χ1n) is 5.52. The van der Waals surface area contributed by atoms with Crippen LogP contribution in [0.1, 0.15) is 15.9 Å². The number of carbonyl (C=O) groups excluding carboxylic acids is 1. The van der Waals surface area contributed by atoms with E-state index in [0.717, 1.165) is 22.8 Å². The molecule has 96 valence electrons. The second kappa shape index (κ2) is 5.31. The number of aromatic nitrogens is 1. The van der Waals surface area contributed by atoms with E-state index in [1.807, 2.05) is 17.6 Å². The molecule has 0 saturated carbocycles. The van der Waals surface area contributed by atoms with Gasteiger partial charge in [0.25, 0.3) is 0 Å². The lowest BCUT2D eigenvalue weighted by Gasteiger charge is -2.09. The van der Waals surface area contributed by atoms with Gasteiger partial charge in [0.05, 0.1) is 17.7 Å². The van der Waals surface area contributed by atoms with Crippen molar-refractivity contribution in [2.45, 2.75) is 13.5 Å². The Morgan fingerprint density at radius 3 is 2.72 bits per heavy atom. The van der Waals surface area contributed by atoms with E-state index in [2.05, 4.69) is 0 Å². The van der Waals surface area contributed by atoms with Crippen LogP contribution >= 0.6 is 23.2 Å². The molecule has 1 heterocycles. The highest BCUT2D eigenvalue weighted by Gasteiger charge is 2.17. The van der Waals surface area contributed by atoms with Crippen LogP contribution in [-0.2, 0) is 11.3 Å². The summed E-state index contributed by atoms with van der Waals surface area (Å²) in [5.74, 6) is 0. The van der Waals surface area contributed by atoms with Gasteiger partial charge in [0.2, 0.25) is 0 Å². The Kier molecular flexibility index (Phi) is 3.95. The fraction of sp³-hybridized carbons (Fsp3) is 0.308. The Bertz CT molecular complexity index is 605. The summed E-state index contributed by atoms with van der Waals surface area (Å²) in [6.07, 6.45) is 0.779. The summed E-state index contributed by atoms with van der Waals surface area (Å²) < 4.78 is 6.93. The molecule has 0 amide bonds. The molecular weight excluding hydrogens is 273 g/mol. The zero-order chi connectivity index (χ0) is 13.3. The van der Waals surface area contributed by atoms with Crippen LogP contribution in [0, 0.1) is 6.92 Å². The molecule has 0 bridgehead atoms. The Balaban J connectivity index is 2.77. The molecule has 0 unspecified atom stereocenters. The number of hydrogen-bond donors (Lipinski definition) is 0. The number of fused-ring (bicyclic) bond motifs is 1. The Hall–Kier alpha value is -1.03. The van der Waals surface area contributed by atoms with Gasteiger partial charge in [-0.2, -0.15) is 0 Å². The minimum atomic E-state index is 0.433. The summed E-state index contributed by atoms with van der Waals surface area (Å²) in [5.41, 5.74) is 2.31. The summed E-state index contributed by atoms with van der Waals surface area (Å²) in [4.78, 5) is 11.2. The molecule has 0 aliphatic rings. The second-order valence-corrected chi connectivity index (χ2v) is 4.80. The third-order valence-corrected chi connectivity index (χ3v) is 3.84. The van der Waals surface area contributed by atoms with Crippen LogP contribution in [0.2, 0.25) is 10.2 Å². The average Bonchev–Trinajstić information content (AvgIpc) is 2.64. The molecule has 0 N–H and O–H groups in total. The number of rotatable bonds is 4. The maximum Gasteiger partial charge on any atom is 0.153 e. The number of aryl methyl sites for hydroxylation is 1. The molecule has 0 atom stereocenters. The number of halogens is 2. The van der Waals surface area contributed by atoms with Gasteiger partial charge in [0.1, 0.15) is 5.15 Å². The molecule has 0 saturated heterocycles. The number of methoxy groups -OCH3 is 1. The zero-order valence-electron chi connectivity index (χ0n) is 10.2. The van der Waals surface area contributed by atoms with Crippen LogP contribution in [0.5, 0.6) is 0 Å². The lowest BCUT2D eigenvalue weighted by atomic mass is 10.1. The molecule has 0 spiro atoms. The van der Waals surface area contributed by atoms with E-state index >= 15 is 0 Å². The van der Waals surface area contributed by atoms with Crippen molar-refractivity contribution in [2.75, 3.05) is 13.7 Å². The molecule has 2 aromatic rings. The molecular formula is C13H13Cl2NO2. The van der Waals surface area contributed by atoms with Gasteiger partial charge in [-0.15, -0.1) is 0 Å². The number of aldehydes is 1. The lowest BCUT2D eigenvalue weighted by molar-refractivity contribution is 0.112. The van der Waals surface area contributed by atoms with Crippen molar-refractivity contribution >= 4 is 40.4 Å². The van der Waals surface area contributed by atoms with E-state index in [9.17, 15) is 4.79 Å². The third kappa shape index (κ3) is 2.03. The van der Waals surface area contributed by atoms with Gasteiger partial charge in [-0.05, 0) is 18.6 Å². The molecule has 1 aromatic carbocycles. The van der Waals surface area contributed by atoms with E-state index in [4.69, 9.17) is 27.9 Å². The summed E-state index contributed by atoms with van der Waals surface area (Å²) in [7, 11) is 1.63. The zero-order valence-corrected chi connectivity index (χ0v) is 11.7. The SMILES string of the molecule is COCCn1c(Cl)c(C=O)c2ccc(Cl)c(C)c21. The Labute approximate surface area is 115 Å². The van der Waals surface area contributed by atoms with Crippen molar-refractivity contribution in [3.8, 4) is 0 Å². The van der Waals surface area contributed by atoms with E-state index in [-0.39, 0.29) is 0 Å². The number of ether oxygens (including phenoxy) is 1.